The molecule has 3 aromatic carbocycles. The maximum Gasteiger partial charge on any atom is 0.253 e. The molecule has 1 amide bonds. The molecule has 5 rings (SSSR count). The highest BCUT2D eigenvalue weighted by Gasteiger charge is 2.42. The Morgan fingerprint density at radius 2 is 1.74 bits per heavy atom. The molecule has 2 N–H and O–H groups in total. The van der Waals surface area contributed by atoms with Crippen molar-refractivity contribution in [3.05, 3.63) is 89.2 Å². The van der Waals surface area contributed by atoms with Crippen LogP contribution in [0.4, 0.5) is 5.69 Å². The van der Waals surface area contributed by atoms with Gasteiger partial charge in [0.15, 0.2) is 6.10 Å². The van der Waals surface area contributed by atoms with Crippen LogP contribution >= 0.6 is 0 Å². The molecule has 1 aliphatic heterocycles. The maximum absolute atomic E-state index is 13.4. The van der Waals surface area contributed by atoms with Crippen LogP contribution in [-0.2, 0) is 7.05 Å². The van der Waals surface area contributed by atoms with Gasteiger partial charge in [-0.1, -0.05) is 48.5 Å². The van der Waals surface area contributed by atoms with Crippen LogP contribution in [0.5, 0.6) is 5.75 Å². The van der Waals surface area contributed by atoms with Gasteiger partial charge in [-0.05, 0) is 30.7 Å². The fourth-order valence-corrected chi connectivity index (χ4v) is 4.61. The zero-order valence-electron chi connectivity index (χ0n) is 19.7. The van der Waals surface area contributed by atoms with Gasteiger partial charge >= 0.3 is 0 Å². The van der Waals surface area contributed by atoms with Gasteiger partial charge in [-0.15, -0.1) is 0 Å². The number of aliphatic hydroxyl groups is 1. The first kappa shape index (κ1) is 22.0. The summed E-state index contributed by atoms with van der Waals surface area (Å²) in [4.78, 5) is 19.7. The monoisotopic (exact) mass is 456 g/mol. The molecule has 0 saturated carbocycles. The normalized spacial score (nSPS) is 19.4. The van der Waals surface area contributed by atoms with Crippen LogP contribution in [0.2, 0.25) is 0 Å². The summed E-state index contributed by atoms with van der Waals surface area (Å²) in [6.45, 7) is 1.93. The first-order chi connectivity index (χ1) is 16.4. The molecule has 0 radical (unpaired) electrons. The molecule has 7 heteroatoms. The van der Waals surface area contributed by atoms with Crippen molar-refractivity contribution in [2.24, 2.45) is 7.05 Å². The van der Waals surface area contributed by atoms with E-state index in [0.29, 0.717) is 22.6 Å². The molecule has 0 fully saturated rings. The van der Waals surface area contributed by atoms with Crippen LogP contribution in [0.1, 0.15) is 39.5 Å². The molecule has 1 aromatic heterocycles. The third kappa shape index (κ3) is 3.58. The first-order valence-corrected chi connectivity index (χ1v) is 11.3. The van der Waals surface area contributed by atoms with Crippen molar-refractivity contribution in [3.8, 4) is 5.75 Å². The summed E-state index contributed by atoms with van der Waals surface area (Å²) in [6, 6.07) is 20.6. The van der Waals surface area contributed by atoms with Crippen molar-refractivity contribution in [2.45, 2.75) is 25.2 Å². The minimum absolute atomic E-state index is 0.161. The average Bonchev–Trinajstić information content (AvgIpc) is 3.14. The van der Waals surface area contributed by atoms with Crippen LogP contribution in [0, 0.1) is 6.92 Å². The van der Waals surface area contributed by atoms with Crippen molar-refractivity contribution in [2.75, 3.05) is 19.4 Å². The second-order valence-corrected chi connectivity index (χ2v) is 8.87. The van der Waals surface area contributed by atoms with E-state index < -0.39 is 18.2 Å². The molecule has 34 heavy (non-hydrogen) atoms. The van der Waals surface area contributed by atoms with E-state index in [2.05, 4.69) is 5.32 Å². The van der Waals surface area contributed by atoms with Gasteiger partial charge < -0.3 is 24.6 Å². The second-order valence-electron chi connectivity index (χ2n) is 8.87. The Morgan fingerprint density at radius 3 is 2.38 bits per heavy atom. The molecule has 0 bridgehead atoms. The number of aryl methyl sites for hydroxylation is 2. The Morgan fingerprint density at radius 1 is 1.09 bits per heavy atom. The Kier molecular flexibility index (Phi) is 5.49. The number of aromatic nitrogens is 2. The zero-order chi connectivity index (χ0) is 24.0. The molecule has 1 aliphatic rings. The smallest absolute Gasteiger partial charge is 0.253 e. The summed E-state index contributed by atoms with van der Waals surface area (Å²) < 4.78 is 8.38. The van der Waals surface area contributed by atoms with E-state index >= 15 is 0 Å². The second kappa shape index (κ2) is 8.50. The molecule has 3 atom stereocenters. The Labute approximate surface area is 198 Å². The molecular formula is C27H28N4O3. The summed E-state index contributed by atoms with van der Waals surface area (Å²) in [5.74, 6) is 1.29. The van der Waals surface area contributed by atoms with E-state index in [1.165, 1.54) is 0 Å². The number of para-hydroxylation sites is 1. The number of ether oxygens (including phenoxy) is 1. The molecule has 174 valence electrons. The number of anilines is 1. The molecular weight excluding hydrogens is 428 g/mol. The molecule has 0 unspecified atom stereocenters. The van der Waals surface area contributed by atoms with Crippen LogP contribution < -0.4 is 10.1 Å². The first-order valence-electron chi connectivity index (χ1n) is 11.3. The number of carbonyl (C=O) groups is 1. The van der Waals surface area contributed by atoms with Crippen LogP contribution in [0.15, 0.2) is 66.7 Å². The fourth-order valence-electron chi connectivity index (χ4n) is 4.61. The molecule has 0 spiro atoms. The Bertz CT molecular complexity index is 1350. The lowest BCUT2D eigenvalue weighted by atomic mass is 9.85. The molecule has 7 nitrogen and oxygen atoms in total. The van der Waals surface area contributed by atoms with E-state index in [0.717, 1.165) is 22.4 Å². The summed E-state index contributed by atoms with van der Waals surface area (Å²) >= 11 is 0. The third-order valence-corrected chi connectivity index (χ3v) is 6.48. The highest BCUT2D eigenvalue weighted by Crippen LogP contribution is 2.46. The summed E-state index contributed by atoms with van der Waals surface area (Å²) in [5.41, 5.74) is 4.33. The highest BCUT2D eigenvalue weighted by atomic mass is 16.5. The van der Waals surface area contributed by atoms with Gasteiger partial charge in [-0.2, -0.15) is 0 Å². The van der Waals surface area contributed by atoms with E-state index in [1.807, 2.05) is 85.3 Å². The standard InChI is InChI=1S/C27H28N4O3/c1-16-28-23-20(31(16)4)15-19(27(33)30(2)3)21-24(23)29-22(17-11-7-5-8-12-17)25(32)26(21)34-18-13-9-6-10-14-18/h5-15,22,25-26,29,32H,1-4H3/t22-,25-,26-/m1/s1. The van der Waals surface area contributed by atoms with E-state index in [-0.39, 0.29) is 5.91 Å². The van der Waals surface area contributed by atoms with Crippen molar-refractivity contribution in [1.29, 1.82) is 0 Å². The minimum atomic E-state index is -0.953. The number of benzene rings is 3. The maximum atomic E-state index is 13.4. The molecule has 4 aromatic rings. The van der Waals surface area contributed by atoms with E-state index in [4.69, 9.17) is 9.72 Å². The molecule has 0 saturated heterocycles. The summed E-state index contributed by atoms with van der Waals surface area (Å²) in [6.07, 6.45) is -1.74. The van der Waals surface area contributed by atoms with Crippen molar-refractivity contribution < 1.29 is 14.6 Å². The number of hydrogen-bond acceptors (Lipinski definition) is 5. The van der Waals surface area contributed by atoms with Gasteiger partial charge in [0.25, 0.3) is 5.91 Å². The van der Waals surface area contributed by atoms with Gasteiger partial charge in [0.2, 0.25) is 0 Å². The third-order valence-electron chi connectivity index (χ3n) is 6.48. The SMILES string of the molecule is Cc1nc2c3c(c(C(=O)N(C)C)cc2n1C)[C@@H](Oc1ccccc1)[C@H](O)[C@@H](c1ccccc1)N3. The number of nitrogens with one attached hydrogen (secondary N) is 1. The Balaban J connectivity index is 1.79. The number of rotatable bonds is 4. The predicted octanol–water partition coefficient (Wildman–Crippen LogP) is 4.23. The largest absolute Gasteiger partial charge is 0.483 e. The topological polar surface area (TPSA) is 79.6 Å². The van der Waals surface area contributed by atoms with Crippen LogP contribution in [0.25, 0.3) is 11.0 Å². The molecule has 2 heterocycles. The van der Waals surface area contributed by atoms with Crippen molar-refractivity contribution >= 4 is 22.6 Å². The van der Waals surface area contributed by atoms with Crippen LogP contribution in [0.3, 0.4) is 0 Å². The number of nitrogens with zero attached hydrogens (tertiary/aromatic N) is 3. The summed E-state index contributed by atoms with van der Waals surface area (Å²) in [5, 5.41) is 15.1. The number of aliphatic hydroxyl groups excluding tert-OH is 1. The van der Waals surface area contributed by atoms with Crippen LogP contribution in [-0.4, -0.2) is 45.7 Å². The van der Waals surface area contributed by atoms with Gasteiger partial charge in [0.05, 0.1) is 22.8 Å². The van der Waals surface area contributed by atoms with Gasteiger partial charge in [-0.25, -0.2) is 4.98 Å². The number of hydrogen-bond donors (Lipinski definition) is 2. The van der Waals surface area contributed by atoms with Crippen molar-refractivity contribution in [3.63, 3.8) is 0 Å². The number of amides is 1. The fraction of sp³-hybridized carbons (Fsp3) is 0.259. The number of fused-ring (bicyclic) bond motifs is 3. The highest BCUT2D eigenvalue weighted by molar-refractivity contribution is 6.04. The lowest BCUT2D eigenvalue weighted by molar-refractivity contribution is 0.0172. The van der Waals surface area contributed by atoms with Crippen molar-refractivity contribution in [1.82, 2.24) is 14.5 Å². The van der Waals surface area contributed by atoms with Gasteiger partial charge in [-0.3, -0.25) is 4.79 Å². The van der Waals surface area contributed by atoms with Gasteiger partial charge in [0.1, 0.15) is 23.2 Å². The Hall–Kier alpha value is -3.84. The predicted molar refractivity (Wildman–Crippen MR) is 132 cm³/mol. The average molecular weight is 457 g/mol. The number of carbonyl (C=O) groups excluding carboxylic acids is 1. The minimum Gasteiger partial charge on any atom is -0.483 e. The molecule has 0 aliphatic carbocycles. The zero-order valence-corrected chi connectivity index (χ0v) is 19.7. The lowest BCUT2D eigenvalue weighted by Gasteiger charge is -2.39. The van der Waals surface area contributed by atoms with Gasteiger partial charge in [0, 0.05) is 26.7 Å². The quantitative estimate of drug-likeness (QED) is 0.480. The lowest BCUT2D eigenvalue weighted by Crippen LogP contribution is -2.40. The van der Waals surface area contributed by atoms with E-state index in [9.17, 15) is 9.90 Å². The van der Waals surface area contributed by atoms with E-state index in [1.54, 1.807) is 19.0 Å². The number of imidazole rings is 1. The summed E-state index contributed by atoms with van der Waals surface area (Å²) in [7, 11) is 5.38.